The van der Waals surface area contributed by atoms with Crippen molar-refractivity contribution < 1.29 is 0 Å². The molecule has 1 aromatic carbocycles. The lowest BCUT2D eigenvalue weighted by Gasteiger charge is -2.34. The highest BCUT2D eigenvalue weighted by Crippen LogP contribution is 2.06. The predicted molar refractivity (Wildman–Crippen MR) is 78.4 cm³/mol. The molecule has 1 saturated heterocycles. The summed E-state index contributed by atoms with van der Waals surface area (Å²) in [6.45, 7) is 7.02. The largest absolute Gasteiger partial charge is 0.301 e. The van der Waals surface area contributed by atoms with E-state index in [4.69, 9.17) is 11.6 Å². The molecule has 0 aromatic heterocycles. The predicted octanol–water partition coefficient (Wildman–Crippen LogP) is 2.48. The molecule has 1 fully saturated rings. The van der Waals surface area contributed by atoms with Gasteiger partial charge in [0, 0.05) is 38.6 Å². The molecule has 0 spiro atoms. The van der Waals surface area contributed by atoms with Gasteiger partial charge in [-0.15, -0.1) is 11.6 Å². The third kappa shape index (κ3) is 4.60. The number of rotatable bonds is 6. The van der Waals surface area contributed by atoms with Crippen LogP contribution in [-0.4, -0.2) is 54.9 Å². The SMILES string of the molecule is ClCCN1CCN(CCCc2ccccc2)CC1. The van der Waals surface area contributed by atoms with Gasteiger partial charge in [-0.2, -0.15) is 0 Å². The Morgan fingerprint density at radius 1 is 0.889 bits per heavy atom. The Balaban J connectivity index is 1.61. The zero-order valence-electron chi connectivity index (χ0n) is 11.0. The van der Waals surface area contributed by atoms with Crippen molar-refractivity contribution in [3.05, 3.63) is 35.9 Å². The van der Waals surface area contributed by atoms with Crippen molar-refractivity contribution in [2.75, 3.05) is 45.1 Å². The molecule has 1 heterocycles. The molecule has 0 unspecified atom stereocenters. The lowest BCUT2D eigenvalue weighted by atomic mass is 10.1. The molecule has 2 nitrogen and oxygen atoms in total. The number of piperazine rings is 1. The van der Waals surface area contributed by atoms with E-state index in [1.54, 1.807) is 0 Å². The Bertz CT molecular complexity index is 321. The van der Waals surface area contributed by atoms with Crippen LogP contribution < -0.4 is 0 Å². The Hall–Kier alpha value is -0.570. The van der Waals surface area contributed by atoms with E-state index in [0.29, 0.717) is 0 Å². The van der Waals surface area contributed by atoms with Gasteiger partial charge in [-0.05, 0) is 24.9 Å². The molecule has 0 aliphatic carbocycles. The fraction of sp³-hybridized carbons (Fsp3) is 0.600. The molecule has 1 aliphatic heterocycles. The number of nitrogens with zero attached hydrogens (tertiary/aromatic N) is 2. The second-order valence-corrected chi connectivity index (χ2v) is 5.34. The second kappa shape index (κ2) is 7.78. The van der Waals surface area contributed by atoms with Gasteiger partial charge in [-0.3, -0.25) is 4.90 Å². The van der Waals surface area contributed by atoms with Gasteiger partial charge >= 0.3 is 0 Å². The van der Waals surface area contributed by atoms with Crippen LogP contribution in [0.3, 0.4) is 0 Å². The molecule has 0 amide bonds. The summed E-state index contributed by atoms with van der Waals surface area (Å²) in [5.41, 5.74) is 1.46. The van der Waals surface area contributed by atoms with Crippen LogP contribution in [0, 0.1) is 0 Å². The molecular weight excluding hydrogens is 244 g/mol. The van der Waals surface area contributed by atoms with Gasteiger partial charge in [0.15, 0.2) is 0 Å². The Morgan fingerprint density at radius 3 is 2.11 bits per heavy atom. The van der Waals surface area contributed by atoms with E-state index in [-0.39, 0.29) is 0 Å². The van der Waals surface area contributed by atoms with Gasteiger partial charge in [0.1, 0.15) is 0 Å². The van der Waals surface area contributed by atoms with Crippen LogP contribution in [0.2, 0.25) is 0 Å². The maximum Gasteiger partial charge on any atom is 0.0351 e. The minimum absolute atomic E-state index is 0.758. The summed E-state index contributed by atoms with van der Waals surface area (Å²) in [6.07, 6.45) is 2.46. The van der Waals surface area contributed by atoms with Crippen molar-refractivity contribution in [2.45, 2.75) is 12.8 Å². The van der Waals surface area contributed by atoms with Crippen molar-refractivity contribution in [1.82, 2.24) is 9.80 Å². The first-order chi connectivity index (χ1) is 8.88. The maximum atomic E-state index is 5.77. The molecule has 3 heteroatoms. The molecule has 0 N–H and O–H groups in total. The summed E-state index contributed by atoms with van der Waals surface area (Å²) in [5.74, 6) is 0.758. The number of benzene rings is 1. The first-order valence-electron chi connectivity index (χ1n) is 6.93. The summed E-state index contributed by atoms with van der Waals surface area (Å²) in [5, 5.41) is 0. The van der Waals surface area contributed by atoms with Gasteiger partial charge in [0.05, 0.1) is 0 Å². The summed E-state index contributed by atoms with van der Waals surface area (Å²) in [4.78, 5) is 5.04. The van der Waals surface area contributed by atoms with Gasteiger partial charge in [-0.25, -0.2) is 0 Å². The first kappa shape index (κ1) is 13.9. The standard InChI is InChI=1S/C15H23ClN2/c16-8-10-18-13-11-17(12-14-18)9-4-7-15-5-2-1-3-6-15/h1-3,5-6H,4,7-14H2. The summed E-state index contributed by atoms with van der Waals surface area (Å²) < 4.78 is 0. The van der Waals surface area contributed by atoms with Crippen LogP contribution >= 0.6 is 11.6 Å². The normalized spacial score (nSPS) is 18.1. The molecule has 18 heavy (non-hydrogen) atoms. The molecule has 0 atom stereocenters. The monoisotopic (exact) mass is 266 g/mol. The molecule has 100 valence electrons. The fourth-order valence-corrected chi connectivity index (χ4v) is 2.75. The van der Waals surface area contributed by atoms with Crippen LogP contribution in [0.1, 0.15) is 12.0 Å². The average Bonchev–Trinajstić information content (AvgIpc) is 2.42. The third-order valence-electron chi connectivity index (χ3n) is 3.65. The lowest BCUT2D eigenvalue weighted by molar-refractivity contribution is 0.137. The Morgan fingerprint density at radius 2 is 1.50 bits per heavy atom. The van der Waals surface area contributed by atoms with Gasteiger partial charge in [0.2, 0.25) is 0 Å². The highest BCUT2D eigenvalue weighted by Gasteiger charge is 2.15. The van der Waals surface area contributed by atoms with Crippen LogP contribution in [0.15, 0.2) is 30.3 Å². The zero-order chi connectivity index (χ0) is 12.6. The summed E-state index contributed by atoms with van der Waals surface area (Å²) in [7, 11) is 0. The second-order valence-electron chi connectivity index (χ2n) is 4.96. The molecule has 2 rings (SSSR count). The molecule has 1 aromatic rings. The van der Waals surface area contributed by atoms with E-state index in [9.17, 15) is 0 Å². The number of hydrogen-bond donors (Lipinski definition) is 0. The van der Waals surface area contributed by atoms with E-state index in [1.807, 2.05) is 0 Å². The minimum atomic E-state index is 0.758. The van der Waals surface area contributed by atoms with E-state index >= 15 is 0 Å². The molecule has 0 bridgehead atoms. The van der Waals surface area contributed by atoms with Crippen LogP contribution in [-0.2, 0) is 6.42 Å². The van der Waals surface area contributed by atoms with E-state index in [1.165, 1.54) is 51.1 Å². The van der Waals surface area contributed by atoms with Gasteiger partial charge in [-0.1, -0.05) is 30.3 Å². The quantitative estimate of drug-likeness (QED) is 0.730. The number of hydrogen-bond acceptors (Lipinski definition) is 2. The highest BCUT2D eigenvalue weighted by atomic mass is 35.5. The van der Waals surface area contributed by atoms with Crippen LogP contribution in [0.5, 0.6) is 0 Å². The summed E-state index contributed by atoms with van der Waals surface area (Å²) >= 11 is 5.77. The smallest absolute Gasteiger partial charge is 0.0351 e. The van der Waals surface area contributed by atoms with Crippen molar-refractivity contribution in [3.63, 3.8) is 0 Å². The van der Waals surface area contributed by atoms with Crippen molar-refractivity contribution in [3.8, 4) is 0 Å². The minimum Gasteiger partial charge on any atom is -0.301 e. The van der Waals surface area contributed by atoms with Gasteiger partial charge in [0.25, 0.3) is 0 Å². The van der Waals surface area contributed by atoms with E-state index in [2.05, 4.69) is 40.1 Å². The maximum absolute atomic E-state index is 5.77. The van der Waals surface area contributed by atoms with Crippen molar-refractivity contribution >= 4 is 11.6 Å². The highest BCUT2D eigenvalue weighted by molar-refractivity contribution is 6.18. The van der Waals surface area contributed by atoms with Crippen molar-refractivity contribution in [1.29, 1.82) is 0 Å². The van der Waals surface area contributed by atoms with Crippen LogP contribution in [0.4, 0.5) is 0 Å². The number of halogens is 1. The fourth-order valence-electron chi connectivity index (χ4n) is 2.51. The summed E-state index contributed by atoms with van der Waals surface area (Å²) in [6, 6.07) is 10.8. The number of alkyl halides is 1. The average molecular weight is 267 g/mol. The molecular formula is C15H23ClN2. The first-order valence-corrected chi connectivity index (χ1v) is 7.46. The Labute approximate surface area is 116 Å². The van der Waals surface area contributed by atoms with E-state index < -0.39 is 0 Å². The molecule has 0 radical (unpaired) electrons. The zero-order valence-corrected chi connectivity index (χ0v) is 11.8. The molecule has 1 aliphatic rings. The topological polar surface area (TPSA) is 6.48 Å². The van der Waals surface area contributed by atoms with Crippen molar-refractivity contribution in [2.24, 2.45) is 0 Å². The Kier molecular flexibility index (Phi) is 5.98. The molecule has 0 saturated carbocycles. The third-order valence-corrected chi connectivity index (χ3v) is 3.82. The van der Waals surface area contributed by atoms with Gasteiger partial charge < -0.3 is 4.90 Å². The number of aryl methyl sites for hydroxylation is 1. The van der Waals surface area contributed by atoms with Crippen LogP contribution in [0.25, 0.3) is 0 Å². The van der Waals surface area contributed by atoms with E-state index in [0.717, 1.165) is 12.4 Å². The lowest BCUT2D eigenvalue weighted by Crippen LogP contribution is -2.47.